The van der Waals surface area contributed by atoms with Crippen LogP contribution >= 0.6 is 11.3 Å². The van der Waals surface area contributed by atoms with Gasteiger partial charge in [-0.3, -0.25) is 9.69 Å². The van der Waals surface area contributed by atoms with Crippen LogP contribution < -0.4 is 19.7 Å². The highest BCUT2D eigenvalue weighted by atomic mass is 32.1. The average Bonchev–Trinajstić information content (AvgIpc) is 3.07. The third kappa shape index (κ3) is 3.80. The third-order valence-electron chi connectivity index (χ3n) is 3.61. The van der Waals surface area contributed by atoms with Crippen molar-refractivity contribution in [3.8, 4) is 11.5 Å². The van der Waals surface area contributed by atoms with Crippen LogP contribution in [0.3, 0.4) is 0 Å². The maximum absolute atomic E-state index is 13.1. The lowest BCUT2D eigenvalue weighted by Crippen LogP contribution is -2.45. The maximum Gasteiger partial charge on any atom is 0.586 e. The van der Waals surface area contributed by atoms with E-state index < -0.39 is 23.8 Å². The summed E-state index contributed by atoms with van der Waals surface area (Å²) in [7, 11) is 0. The first kappa shape index (κ1) is 18.9. The van der Waals surface area contributed by atoms with Gasteiger partial charge in [0.1, 0.15) is 4.88 Å². The molecule has 10 heteroatoms. The van der Waals surface area contributed by atoms with E-state index in [-0.39, 0.29) is 27.8 Å². The molecule has 0 atom stereocenters. The first-order valence-electron chi connectivity index (χ1n) is 7.80. The van der Waals surface area contributed by atoms with Crippen LogP contribution in [0.1, 0.15) is 30.4 Å². The van der Waals surface area contributed by atoms with Crippen LogP contribution in [0.25, 0.3) is 0 Å². The van der Waals surface area contributed by atoms with Crippen molar-refractivity contribution >= 4 is 34.7 Å². The Balaban J connectivity index is 1.85. The molecule has 27 heavy (non-hydrogen) atoms. The van der Waals surface area contributed by atoms with Crippen LogP contribution in [-0.2, 0) is 0 Å². The number of alkyl halides is 2. The van der Waals surface area contributed by atoms with Crippen LogP contribution in [0.2, 0.25) is 0 Å². The number of nitrogens with one attached hydrogen (secondary N) is 1. The molecular weight excluding hydrogens is 382 g/mol. The van der Waals surface area contributed by atoms with Gasteiger partial charge in [-0.05, 0) is 44.4 Å². The highest BCUT2D eigenvalue weighted by Gasteiger charge is 2.43. The zero-order valence-corrected chi connectivity index (χ0v) is 15.4. The number of rotatable bonds is 3. The van der Waals surface area contributed by atoms with Crippen molar-refractivity contribution in [1.82, 2.24) is 0 Å². The zero-order valence-electron chi connectivity index (χ0n) is 14.6. The number of carbonyl (C=O) groups excluding carboxylic acids is 1. The molecule has 1 aliphatic heterocycles. The summed E-state index contributed by atoms with van der Waals surface area (Å²) in [5.74, 6) is -0.910. The van der Waals surface area contributed by atoms with E-state index in [1.54, 1.807) is 32.2 Å². The lowest BCUT2D eigenvalue weighted by atomic mass is 10.1. The number of benzene rings is 1. The van der Waals surface area contributed by atoms with Gasteiger partial charge in [0, 0.05) is 17.3 Å². The second-order valence-electron chi connectivity index (χ2n) is 6.71. The summed E-state index contributed by atoms with van der Waals surface area (Å²) in [4.78, 5) is 25.6. The van der Waals surface area contributed by atoms with Gasteiger partial charge in [-0.15, -0.1) is 20.1 Å². The Kier molecular flexibility index (Phi) is 4.46. The summed E-state index contributed by atoms with van der Waals surface area (Å²) in [6.45, 7) is 5.12. The average molecular weight is 398 g/mol. The van der Waals surface area contributed by atoms with E-state index in [1.807, 2.05) is 0 Å². The normalized spacial score (nSPS) is 14.7. The van der Waals surface area contributed by atoms with Gasteiger partial charge in [0.25, 0.3) is 5.91 Å². The Morgan fingerprint density at radius 1 is 1.19 bits per heavy atom. The van der Waals surface area contributed by atoms with Gasteiger partial charge in [-0.2, -0.15) is 0 Å². The Bertz CT molecular complexity index is 907. The van der Waals surface area contributed by atoms with Crippen molar-refractivity contribution in [3.05, 3.63) is 34.5 Å². The molecule has 0 radical (unpaired) electrons. The Morgan fingerprint density at radius 2 is 1.85 bits per heavy atom. The maximum atomic E-state index is 13.1. The predicted molar refractivity (Wildman–Crippen MR) is 95.2 cm³/mol. The number of carbonyl (C=O) groups is 2. The molecule has 2 amide bonds. The number of ether oxygens (including phenoxy) is 2. The molecule has 0 fully saturated rings. The van der Waals surface area contributed by atoms with Gasteiger partial charge in [-0.25, -0.2) is 4.79 Å². The predicted octanol–water partition coefficient (Wildman–Crippen LogP) is 4.60. The number of thiophene rings is 1. The van der Waals surface area contributed by atoms with E-state index in [2.05, 4.69) is 14.8 Å². The molecule has 1 aliphatic rings. The molecule has 1 aromatic carbocycles. The summed E-state index contributed by atoms with van der Waals surface area (Å²) in [6, 6.07) is 5.38. The highest BCUT2D eigenvalue weighted by Crippen LogP contribution is 2.42. The number of nitrogens with zero attached hydrogens (tertiary/aromatic N) is 1. The molecule has 0 saturated heterocycles. The van der Waals surface area contributed by atoms with Gasteiger partial charge < -0.3 is 19.9 Å². The van der Waals surface area contributed by atoms with Crippen molar-refractivity contribution in [2.45, 2.75) is 32.6 Å². The van der Waals surface area contributed by atoms with Crippen LogP contribution in [0.5, 0.6) is 11.5 Å². The quantitative estimate of drug-likeness (QED) is 0.789. The molecule has 0 spiro atoms. The summed E-state index contributed by atoms with van der Waals surface area (Å²) in [5, 5.41) is 13.7. The minimum atomic E-state index is -3.75. The third-order valence-corrected chi connectivity index (χ3v) is 4.52. The van der Waals surface area contributed by atoms with Gasteiger partial charge >= 0.3 is 12.4 Å². The fourth-order valence-corrected chi connectivity index (χ4v) is 3.39. The second kappa shape index (κ2) is 6.38. The lowest BCUT2D eigenvalue weighted by molar-refractivity contribution is -0.286. The Hall–Kier alpha value is -2.88. The van der Waals surface area contributed by atoms with Gasteiger partial charge in [0.15, 0.2) is 11.5 Å². The number of halogens is 2. The number of fused-ring (bicyclic) bond motifs is 1. The minimum absolute atomic E-state index is 0.139. The van der Waals surface area contributed by atoms with Crippen molar-refractivity contribution in [1.29, 1.82) is 0 Å². The molecule has 7 nitrogen and oxygen atoms in total. The standard InChI is InChI=1S/C17H16F2N2O5S/c1-16(2,3)21(15(23)24)10-6-7-27-13(10)14(22)20-9-4-5-11-12(8-9)26-17(18,19)25-11/h4-8H,1-3H3,(H,20,22)(H,23,24). The number of anilines is 2. The molecule has 2 N–H and O–H groups in total. The van der Waals surface area contributed by atoms with Crippen molar-refractivity contribution in [3.63, 3.8) is 0 Å². The molecule has 0 saturated carbocycles. The van der Waals surface area contributed by atoms with E-state index >= 15 is 0 Å². The highest BCUT2D eigenvalue weighted by molar-refractivity contribution is 7.12. The Morgan fingerprint density at radius 3 is 2.48 bits per heavy atom. The largest absolute Gasteiger partial charge is 0.586 e. The fraction of sp³-hybridized carbons (Fsp3) is 0.294. The lowest BCUT2D eigenvalue weighted by Gasteiger charge is -2.33. The van der Waals surface area contributed by atoms with Gasteiger partial charge in [0.05, 0.1) is 5.69 Å². The number of hydrogen-bond donors (Lipinski definition) is 2. The monoisotopic (exact) mass is 398 g/mol. The van der Waals surface area contributed by atoms with Gasteiger partial charge in [0.2, 0.25) is 0 Å². The minimum Gasteiger partial charge on any atom is -0.465 e. The van der Waals surface area contributed by atoms with Crippen LogP contribution in [-0.4, -0.2) is 28.9 Å². The summed E-state index contributed by atoms with van der Waals surface area (Å²) >= 11 is 1.07. The molecule has 0 bridgehead atoms. The topological polar surface area (TPSA) is 88.1 Å². The first-order valence-corrected chi connectivity index (χ1v) is 8.68. The van der Waals surface area contributed by atoms with Crippen molar-refractivity contribution in [2.75, 3.05) is 10.2 Å². The number of amides is 2. The van der Waals surface area contributed by atoms with Crippen molar-refractivity contribution < 1.29 is 33.0 Å². The first-order chi connectivity index (χ1) is 12.5. The molecule has 0 unspecified atom stereocenters. The van der Waals surface area contributed by atoms with Crippen LogP contribution in [0, 0.1) is 0 Å². The van der Waals surface area contributed by atoms with E-state index in [0.717, 1.165) is 16.2 Å². The van der Waals surface area contributed by atoms with E-state index in [1.165, 1.54) is 18.2 Å². The molecule has 1 aromatic heterocycles. The number of carboxylic acid groups (broad SMARTS) is 1. The zero-order chi connectivity index (χ0) is 20.0. The fourth-order valence-electron chi connectivity index (χ4n) is 2.61. The molecule has 2 heterocycles. The number of hydrogen-bond acceptors (Lipinski definition) is 5. The Labute approximate surface area is 157 Å². The van der Waals surface area contributed by atoms with Gasteiger partial charge in [-0.1, -0.05) is 0 Å². The summed E-state index contributed by atoms with van der Waals surface area (Å²) in [6.07, 6.45) is -4.94. The van der Waals surface area contributed by atoms with E-state index in [4.69, 9.17) is 0 Å². The van der Waals surface area contributed by atoms with Crippen molar-refractivity contribution in [2.24, 2.45) is 0 Å². The smallest absolute Gasteiger partial charge is 0.465 e. The second-order valence-corrected chi connectivity index (χ2v) is 7.62. The SMILES string of the molecule is CC(C)(C)N(C(=O)O)c1ccsc1C(=O)Nc1ccc2c(c1)OC(F)(F)O2. The molecule has 144 valence electrons. The van der Waals surface area contributed by atoms with Crippen LogP contribution in [0.15, 0.2) is 29.6 Å². The molecule has 2 aromatic rings. The van der Waals surface area contributed by atoms with E-state index in [0.29, 0.717) is 0 Å². The summed E-state index contributed by atoms with van der Waals surface area (Å²) < 4.78 is 34.8. The summed E-state index contributed by atoms with van der Waals surface area (Å²) in [5.41, 5.74) is -0.325. The van der Waals surface area contributed by atoms with Crippen LogP contribution in [0.4, 0.5) is 25.0 Å². The van der Waals surface area contributed by atoms with E-state index in [9.17, 15) is 23.5 Å². The molecular formula is C17H16F2N2O5S. The molecule has 0 aliphatic carbocycles. The molecule has 3 rings (SSSR count).